The van der Waals surface area contributed by atoms with Crippen molar-refractivity contribution in [3.8, 4) is 0 Å². The van der Waals surface area contributed by atoms with E-state index in [1.54, 1.807) is 24.3 Å². The summed E-state index contributed by atoms with van der Waals surface area (Å²) in [5.74, 6) is -0.746. The monoisotopic (exact) mass is 274 g/mol. The number of rotatable bonds is 5. The zero-order valence-electron chi connectivity index (χ0n) is 10.6. The van der Waals surface area contributed by atoms with Crippen LogP contribution in [0.5, 0.6) is 0 Å². The summed E-state index contributed by atoms with van der Waals surface area (Å²) in [5.41, 5.74) is 6.23. The zero-order chi connectivity index (χ0) is 14.4. The molecule has 0 aliphatic carbocycles. The molecule has 0 aliphatic rings. The summed E-state index contributed by atoms with van der Waals surface area (Å²) in [4.78, 5) is 23.8. The predicted octanol–water partition coefficient (Wildman–Crippen LogP) is -0.255. The Morgan fingerprint density at radius 3 is 2.75 bits per heavy atom. The van der Waals surface area contributed by atoms with E-state index in [-0.39, 0.29) is 11.6 Å². The fourth-order valence-electron chi connectivity index (χ4n) is 1.57. The van der Waals surface area contributed by atoms with Gasteiger partial charge in [-0.2, -0.15) is 15.4 Å². The van der Waals surface area contributed by atoms with Crippen LogP contribution in [0, 0.1) is 0 Å². The number of carbonyl (C=O) groups excluding carboxylic acids is 2. The number of amides is 2. The Bertz CT molecular complexity index is 596. The van der Waals surface area contributed by atoms with Gasteiger partial charge < -0.3 is 16.4 Å². The van der Waals surface area contributed by atoms with Gasteiger partial charge in [-0.25, -0.2) is 0 Å². The van der Waals surface area contributed by atoms with E-state index < -0.39 is 5.91 Å². The molecule has 8 heteroatoms. The van der Waals surface area contributed by atoms with Crippen molar-refractivity contribution in [2.24, 2.45) is 5.73 Å². The standard InChI is InChI=1S/C12H14N6O2/c13-5-6-14-11(19)8-3-1-2-4-9(8)16-12(20)10-7-15-18-17-10/h1-4,7H,5-6,13H2,(H,14,19)(H,16,20)(H,15,17,18). The van der Waals surface area contributed by atoms with Gasteiger partial charge in [0.1, 0.15) is 0 Å². The second kappa shape index (κ2) is 6.43. The first kappa shape index (κ1) is 13.7. The van der Waals surface area contributed by atoms with Crippen molar-refractivity contribution in [1.82, 2.24) is 20.7 Å². The van der Waals surface area contributed by atoms with Gasteiger partial charge in [0.25, 0.3) is 11.8 Å². The van der Waals surface area contributed by atoms with Gasteiger partial charge in [-0.05, 0) is 12.1 Å². The number of aromatic nitrogens is 3. The van der Waals surface area contributed by atoms with E-state index >= 15 is 0 Å². The molecule has 0 aliphatic heterocycles. The third-order valence-electron chi connectivity index (χ3n) is 2.50. The average Bonchev–Trinajstić information content (AvgIpc) is 2.99. The van der Waals surface area contributed by atoms with Crippen LogP contribution >= 0.6 is 0 Å². The maximum Gasteiger partial charge on any atom is 0.277 e. The van der Waals surface area contributed by atoms with Gasteiger partial charge in [-0.1, -0.05) is 12.1 Å². The lowest BCUT2D eigenvalue weighted by atomic mass is 10.1. The van der Waals surface area contributed by atoms with Crippen LogP contribution in [0.2, 0.25) is 0 Å². The number of aromatic amines is 1. The van der Waals surface area contributed by atoms with Crippen molar-refractivity contribution in [3.05, 3.63) is 41.7 Å². The number of carbonyl (C=O) groups is 2. The minimum absolute atomic E-state index is 0.141. The second-order valence-corrected chi connectivity index (χ2v) is 3.90. The molecule has 1 aromatic carbocycles. The summed E-state index contributed by atoms with van der Waals surface area (Å²) in [6, 6.07) is 6.68. The van der Waals surface area contributed by atoms with Crippen molar-refractivity contribution in [2.45, 2.75) is 0 Å². The number of para-hydroxylation sites is 1. The molecule has 8 nitrogen and oxygen atoms in total. The first-order valence-electron chi connectivity index (χ1n) is 5.97. The third kappa shape index (κ3) is 3.18. The van der Waals surface area contributed by atoms with E-state index in [1.807, 2.05) is 0 Å². The van der Waals surface area contributed by atoms with E-state index in [0.29, 0.717) is 24.3 Å². The van der Waals surface area contributed by atoms with Gasteiger partial charge in [0.05, 0.1) is 17.4 Å². The molecule has 20 heavy (non-hydrogen) atoms. The van der Waals surface area contributed by atoms with Crippen molar-refractivity contribution in [2.75, 3.05) is 18.4 Å². The third-order valence-corrected chi connectivity index (χ3v) is 2.50. The number of H-pyrrole nitrogens is 1. The van der Waals surface area contributed by atoms with Gasteiger partial charge in [0.2, 0.25) is 0 Å². The highest BCUT2D eigenvalue weighted by molar-refractivity contribution is 6.08. The summed E-state index contributed by atoms with van der Waals surface area (Å²) in [5, 5.41) is 14.8. The minimum Gasteiger partial charge on any atom is -0.351 e. The molecule has 0 saturated heterocycles. The maximum absolute atomic E-state index is 11.9. The molecule has 0 unspecified atom stereocenters. The number of nitrogens with one attached hydrogen (secondary N) is 3. The smallest absolute Gasteiger partial charge is 0.277 e. The van der Waals surface area contributed by atoms with Crippen molar-refractivity contribution in [3.63, 3.8) is 0 Å². The van der Waals surface area contributed by atoms with Crippen molar-refractivity contribution >= 4 is 17.5 Å². The van der Waals surface area contributed by atoms with Crippen molar-refractivity contribution < 1.29 is 9.59 Å². The molecule has 1 aromatic heterocycles. The number of anilines is 1. The minimum atomic E-state index is -0.446. The highest BCUT2D eigenvalue weighted by Crippen LogP contribution is 2.15. The quantitative estimate of drug-likeness (QED) is 0.598. The van der Waals surface area contributed by atoms with Crippen LogP contribution in [-0.2, 0) is 0 Å². The molecule has 5 N–H and O–H groups in total. The molecule has 0 saturated carbocycles. The summed E-state index contributed by atoms with van der Waals surface area (Å²) >= 11 is 0. The second-order valence-electron chi connectivity index (χ2n) is 3.90. The maximum atomic E-state index is 11.9. The summed E-state index contributed by atoms with van der Waals surface area (Å²) in [6.07, 6.45) is 1.30. The summed E-state index contributed by atoms with van der Waals surface area (Å²) < 4.78 is 0. The SMILES string of the molecule is NCCNC(=O)c1ccccc1NC(=O)c1cn[nH]n1. The van der Waals surface area contributed by atoms with Crippen LogP contribution in [0.25, 0.3) is 0 Å². The fourth-order valence-corrected chi connectivity index (χ4v) is 1.57. The highest BCUT2D eigenvalue weighted by Gasteiger charge is 2.14. The summed E-state index contributed by atoms with van der Waals surface area (Å²) in [6.45, 7) is 0.712. The lowest BCUT2D eigenvalue weighted by Crippen LogP contribution is -2.30. The van der Waals surface area contributed by atoms with Gasteiger partial charge in [-0.3, -0.25) is 9.59 Å². The Balaban J connectivity index is 2.15. The molecule has 0 bridgehead atoms. The predicted molar refractivity (Wildman–Crippen MR) is 72.2 cm³/mol. The Kier molecular flexibility index (Phi) is 4.40. The topological polar surface area (TPSA) is 126 Å². The molecule has 2 amide bonds. The van der Waals surface area contributed by atoms with Crippen LogP contribution in [0.15, 0.2) is 30.5 Å². The molecule has 2 rings (SSSR count). The van der Waals surface area contributed by atoms with E-state index in [1.165, 1.54) is 6.20 Å². The van der Waals surface area contributed by atoms with E-state index in [0.717, 1.165) is 0 Å². The van der Waals surface area contributed by atoms with Crippen molar-refractivity contribution in [1.29, 1.82) is 0 Å². The lowest BCUT2D eigenvalue weighted by Gasteiger charge is -2.10. The van der Waals surface area contributed by atoms with Gasteiger partial charge in [-0.15, -0.1) is 0 Å². The van der Waals surface area contributed by atoms with Gasteiger partial charge in [0, 0.05) is 13.1 Å². The number of nitrogens with zero attached hydrogens (tertiary/aromatic N) is 2. The molecule has 0 fully saturated rings. The van der Waals surface area contributed by atoms with Crippen LogP contribution in [0.1, 0.15) is 20.8 Å². The molecule has 0 atom stereocenters. The van der Waals surface area contributed by atoms with E-state index in [4.69, 9.17) is 5.73 Å². The number of benzene rings is 1. The molecule has 0 spiro atoms. The molecule has 0 radical (unpaired) electrons. The number of hydrogen-bond acceptors (Lipinski definition) is 5. The Labute approximate surface area is 114 Å². The van der Waals surface area contributed by atoms with Crippen LogP contribution < -0.4 is 16.4 Å². The first-order valence-corrected chi connectivity index (χ1v) is 5.97. The number of hydrogen-bond donors (Lipinski definition) is 4. The highest BCUT2D eigenvalue weighted by atomic mass is 16.2. The van der Waals surface area contributed by atoms with E-state index in [2.05, 4.69) is 26.0 Å². The summed E-state index contributed by atoms with van der Waals surface area (Å²) in [7, 11) is 0. The first-order chi connectivity index (χ1) is 9.72. The number of nitrogens with two attached hydrogens (primary N) is 1. The molecule has 1 heterocycles. The average molecular weight is 274 g/mol. The van der Waals surface area contributed by atoms with E-state index in [9.17, 15) is 9.59 Å². The molecule has 104 valence electrons. The molecular weight excluding hydrogens is 260 g/mol. The molecular formula is C12H14N6O2. The van der Waals surface area contributed by atoms with Gasteiger partial charge >= 0.3 is 0 Å². The Morgan fingerprint density at radius 1 is 1.25 bits per heavy atom. The van der Waals surface area contributed by atoms with Gasteiger partial charge in [0.15, 0.2) is 5.69 Å². The fraction of sp³-hybridized carbons (Fsp3) is 0.167. The lowest BCUT2D eigenvalue weighted by molar-refractivity contribution is 0.0955. The van der Waals surface area contributed by atoms with Crippen LogP contribution in [-0.4, -0.2) is 40.3 Å². The van der Waals surface area contributed by atoms with Crippen LogP contribution in [0.3, 0.4) is 0 Å². The van der Waals surface area contributed by atoms with Crippen LogP contribution in [0.4, 0.5) is 5.69 Å². The zero-order valence-corrected chi connectivity index (χ0v) is 10.6. The normalized spacial score (nSPS) is 10.1. The Hall–Kier alpha value is -2.74. The Morgan fingerprint density at radius 2 is 2.05 bits per heavy atom. The largest absolute Gasteiger partial charge is 0.351 e. The molecule has 2 aromatic rings.